The van der Waals surface area contributed by atoms with Gasteiger partial charge in [0.1, 0.15) is 0 Å². The molecule has 4 N–H and O–H groups in total. The standard InChI is InChI=1S/C10H25N3O3S/c1-4-10(5-2,8-11)9-13-17(14,15)12-6-7-16-3/h12-13H,4-9,11H2,1-3H3. The smallest absolute Gasteiger partial charge is 0.277 e. The van der Waals surface area contributed by atoms with Crippen molar-refractivity contribution in [1.29, 1.82) is 0 Å². The second-order valence-electron chi connectivity index (χ2n) is 4.12. The minimum Gasteiger partial charge on any atom is -0.383 e. The normalized spacial score (nSPS) is 12.9. The fourth-order valence-electron chi connectivity index (χ4n) is 1.44. The average molecular weight is 267 g/mol. The summed E-state index contributed by atoms with van der Waals surface area (Å²) in [6.45, 7) is 5.48. The van der Waals surface area contributed by atoms with Crippen molar-refractivity contribution in [3.05, 3.63) is 0 Å². The van der Waals surface area contributed by atoms with Crippen LogP contribution >= 0.6 is 0 Å². The van der Waals surface area contributed by atoms with E-state index in [4.69, 9.17) is 10.5 Å². The van der Waals surface area contributed by atoms with E-state index in [1.165, 1.54) is 7.11 Å². The maximum absolute atomic E-state index is 11.6. The van der Waals surface area contributed by atoms with Crippen molar-refractivity contribution >= 4 is 10.2 Å². The molecular weight excluding hydrogens is 242 g/mol. The Morgan fingerprint density at radius 2 is 1.82 bits per heavy atom. The Hall–Kier alpha value is -0.210. The second-order valence-corrected chi connectivity index (χ2v) is 5.71. The van der Waals surface area contributed by atoms with Crippen molar-refractivity contribution < 1.29 is 13.2 Å². The summed E-state index contributed by atoms with van der Waals surface area (Å²) in [7, 11) is -1.93. The molecule has 6 nitrogen and oxygen atoms in total. The first-order valence-electron chi connectivity index (χ1n) is 5.88. The van der Waals surface area contributed by atoms with E-state index in [0.29, 0.717) is 19.7 Å². The molecule has 0 aromatic rings. The first kappa shape index (κ1) is 16.8. The highest BCUT2D eigenvalue weighted by Gasteiger charge is 2.26. The molecule has 0 amide bonds. The minimum absolute atomic E-state index is 0.157. The van der Waals surface area contributed by atoms with Crippen LogP contribution in [0.4, 0.5) is 0 Å². The van der Waals surface area contributed by atoms with Gasteiger partial charge in [-0.15, -0.1) is 0 Å². The lowest BCUT2D eigenvalue weighted by Gasteiger charge is -2.30. The first-order valence-corrected chi connectivity index (χ1v) is 7.37. The van der Waals surface area contributed by atoms with Gasteiger partial charge in [0.25, 0.3) is 10.2 Å². The molecule has 7 heteroatoms. The van der Waals surface area contributed by atoms with Crippen LogP contribution < -0.4 is 15.2 Å². The van der Waals surface area contributed by atoms with E-state index in [1.807, 2.05) is 13.8 Å². The summed E-state index contributed by atoms with van der Waals surface area (Å²) in [4.78, 5) is 0. The zero-order valence-electron chi connectivity index (χ0n) is 11.0. The molecule has 0 saturated carbocycles. The van der Waals surface area contributed by atoms with E-state index in [1.54, 1.807) is 0 Å². The third-order valence-electron chi connectivity index (χ3n) is 3.17. The van der Waals surface area contributed by atoms with Crippen molar-refractivity contribution in [2.45, 2.75) is 26.7 Å². The number of nitrogens with two attached hydrogens (primary N) is 1. The number of hydrogen-bond donors (Lipinski definition) is 3. The molecule has 17 heavy (non-hydrogen) atoms. The molecule has 0 heterocycles. The molecule has 0 aliphatic heterocycles. The quantitative estimate of drug-likeness (QED) is 0.479. The van der Waals surface area contributed by atoms with E-state index in [9.17, 15) is 8.42 Å². The summed E-state index contributed by atoms with van der Waals surface area (Å²) >= 11 is 0. The molecule has 0 aliphatic rings. The predicted octanol–water partition coefficient (Wildman–Crippen LogP) is -0.178. The van der Waals surface area contributed by atoms with Gasteiger partial charge < -0.3 is 10.5 Å². The molecule has 0 atom stereocenters. The summed E-state index contributed by atoms with van der Waals surface area (Å²) in [5.41, 5.74) is 5.55. The number of ether oxygens (including phenoxy) is 1. The Morgan fingerprint density at radius 3 is 2.24 bits per heavy atom. The zero-order valence-corrected chi connectivity index (χ0v) is 11.8. The molecule has 0 aliphatic carbocycles. The van der Waals surface area contributed by atoms with Gasteiger partial charge in [-0.1, -0.05) is 13.8 Å². The Bertz CT molecular complexity index is 281. The SMILES string of the molecule is CCC(CC)(CN)CNS(=O)(=O)NCCOC. The maximum atomic E-state index is 11.6. The van der Waals surface area contributed by atoms with E-state index in [-0.39, 0.29) is 12.0 Å². The number of nitrogens with one attached hydrogen (secondary N) is 2. The highest BCUT2D eigenvalue weighted by molar-refractivity contribution is 7.87. The first-order chi connectivity index (χ1) is 7.95. The summed E-state index contributed by atoms with van der Waals surface area (Å²) in [5.74, 6) is 0. The molecule has 0 fully saturated rings. The van der Waals surface area contributed by atoms with Crippen LogP contribution in [0.1, 0.15) is 26.7 Å². The van der Waals surface area contributed by atoms with Crippen LogP contribution in [0.15, 0.2) is 0 Å². The summed E-state index contributed by atoms with van der Waals surface area (Å²) in [6, 6.07) is 0. The predicted molar refractivity (Wildman–Crippen MR) is 68.9 cm³/mol. The molecular formula is C10H25N3O3S. The Balaban J connectivity index is 4.24. The van der Waals surface area contributed by atoms with Gasteiger partial charge in [0.05, 0.1) is 6.61 Å². The van der Waals surface area contributed by atoms with Gasteiger partial charge in [-0.05, 0) is 24.8 Å². The van der Waals surface area contributed by atoms with Gasteiger partial charge in [0, 0.05) is 20.2 Å². The Kier molecular flexibility index (Phi) is 7.89. The van der Waals surface area contributed by atoms with Crippen molar-refractivity contribution in [3.8, 4) is 0 Å². The average Bonchev–Trinajstić information content (AvgIpc) is 2.32. The molecule has 0 rings (SSSR count). The zero-order chi connectivity index (χ0) is 13.4. The molecule has 104 valence electrons. The minimum atomic E-state index is -3.45. The lowest BCUT2D eigenvalue weighted by atomic mass is 9.83. The van der Waals surface area contributed by atoms with Gasteiger partial charge in [-0.2, -0.15) is 13.1 Å². The fourth-order valence-corrected chi connectivity index (χ4v) is 2.39. The second kappa shape index (κ2) is 7.99. The van der Waals surface area contributed by atoms with Crippen LogP contribution in [0.5, 0.6) is 0 Å². The number of hydrogen-bond acceptors (Lipinski definition) is 4. The third kappa shape index (κ3) is 6.32. The molecule has 0 saturated heterocycles. The van der Waals surface area contributed by atoms with Crippen LogP contribution in [0, 0.1) is 5.41 Å². The van der Waals surface area contributed by atoms with Crippen molar-refractivity contribution in [2.75, 3.05) is 33.4 Å². The molecule has 0 aromatic carbocycles. The summed E-state index contributed by atoms with van der Waals surface area (Å²) < 4.78 is 32.9. The maximum Gasteiger partial charge on any atom is 0.277 e. The van der Waals surface area contributed by atoms with Gasteiger partial charge in [-0.3, -0.25) is 0 Å². The van der Waals surface area contributed by atoms with E-state index >= 15 is 0 Å². The largest absolute Gasteiger partial charge is 0.383 e. The lowest BCUT2D eigenvalue weighted by Crippen LogP contribution is -2.46. The van der Waals surface area contributed by atoms with E-state index < -0.39 is 10.2 Å². The lowest BCUT2D eigenvalue weighted by molar-refractivity contribution is 0.204. The highest BCUT2D eigenvalue weighted by atomic mass is 32.2. The Labute approximate surface area is 104 Å². The van der Waals surface area contributed by atoms with E-state index in [2.05, 4.69) is 9.44 Å². The van der Waals surface area contributed by atoms with E-state index in [0.717, 1.165) is 12.8 Å². The van der Waals surface area contributed by atoms with Crippen LogP contribution in [-0.4, -0.2) is 41.8 Å². The van der Waals surface area contributed by atoms with Crippen LogP contribution in [0.2, 0.25) is 0 Å². The van der Waals surface area contributed by atoms with Crippen molar-refractivity contribution in [3.63, 3.8) is 0 Å². The van der Waals surface area contributed by atoms with Gasteiger partial charge >= 0.3 is 0 Å². The number of rotatable bonds is 10. The molecule has 0 unspecified atom stereocenters. The fraction of sp³-hybridized carbons (Fsp3) is 1.00. The van der Waals surface area contributed by atoms with Gasteiger partial charge in [0.15, 0.2) is 0 Å². The Morgan fingerprint density at radius 1 is 1.24 bits per heavy atom. The van der Waals surface area contributed by atoms with Gasteiger partial charge in [0.2, 0.25) is 0 Å². The summed E-state index contributed by atoms with van der Waals surface area (Å²) in [5, 5.41) is 0. The van der Waals surface area contributed by atoms with Crippen LogP contribution in [-0.2, 0) is 14.9 Å². The van der Waals surface area contributed by atoms with Crippen molar-refractivity contribution in [1.82, 2.24) is 9.44 Å². The number of methoxy groups -OCH3 is 1. The van der Waals surface area contributed by atoms with Crippen LogP contribution in [0.25, 0.3) is 0 Å². The highest BCUT2D eigenvalue weighted by Crippen LogP contribution is 2.23. The molecule has 0 radical (unpaired) electrons. The van der Waals surface area contributed by atoms with Gasteiger partial charge in [-0.25, -0.2) is 4.72 Å². The third-order valence-corrected chi connectivity index (χ3v) is 4.28. The van der Waals surface area contributed by atoms with Crippen LogP contribution in [0.3, 0.4) is 0 Å². The van der Waals surface area contributed by atoms with Crippen molar-refractivity contribution in [2.24, 2.45) is 11.1 Å². The monoisotopic (exact) mass is 267 g/mol. The topological polar surface area (TPSA) is 93.5 Å². The molecule has 0 aromatic heterocycles. The summed E-state index contributed by atoms with van der Waals surface area (Å²) in [6.07, 6.45) is 1.70. The molecule has 0 spiro atoms. The molecule has 0 bridgehead atoms.